The van der Waals surface area contributed by atoms with Crippen molar-refractivity contribution < 1.29 is 9.59 Å². The van der Waals surface area contributed by atoms with Gasteiger partial charge in [-0.1, -0.05) is 12.1 Å². The summed E-state index contributed by atoms with van der Waals surface area (Å²) >= 11 is 1.70. The molecule has 2 rings (SSSR count). The minimum Gasteiger partial charge on any atom is -0.311 e. The molecule has 0 aliphatic carbocycles. The van der Waals surface area contributed by atoms with Gasteiger partial charge in [0.2, 0.25) is 5.91 Å². The van der Waals surface area contributed by atoms with Crippen LogP contribution in [0.3, 0.4) is 0 Å². The third kappa shape index (κ3) is 2.27. The maximum Gasteiger partial charge on any atom is 0.227 e. The van der Waals surface area contributed by atoms with E-state index in [0.717, 1.165) is 22.6 Å². The van der Waals surface area contributed by atoms with E-state index in [1.807, 2.05) is 24.3 Å². The molecule has 16 heavy (non-hydrogen) atoms. The second-order valence-electron chi connectivity index (χ2n) is 3.57. The summed E-state index contributed by atoms with van der Waals surface area (Å²) in [6, 6.07) is 7.86. The molecule has 3 nitrogen and oxygen atoms in total. The molecule has 0 bridgehead atoms. The van der Waals surface area contributed by atoms with Gasteiger partial charge < -0.3 is 9.69 Å². The Morgan fingerprint density at radius 3 is 3.00 bits per heavy atom. The molecule has 1 aliphatic heterocycles. The molecule has 0 atom stereocenters. The number of carbonyl (C=O) groups is 2. The second-order valence-corrected chi connectivity index (χ2v) is 4.70. The Balaban J connectivity index is 2.31. The van der Waals surface area contributed by atoms with Crippen LogP contribution in [0.15, 0.2) is 29.2 Å². The largest absolute Gasteiger partial charge is 0.311 e. The summed E-state index contributed by atoms with van der Waals surface area (Å²) < 4.78 is 0. The predicted molar refractivity (Wildman–Crippen MR) is 64.8 cm³/mol. The molecule has 0 N–H and O–H groups in total. The molecule has 0 fully saturated rings. The molecule has 1 amide bonds. The number of carbonyl (C=O) groups excluding carboxylic acids is 2. The molecule has 1 heterocycles. The van der Waals surface area contributed by atoms with Crippen molar-refractivity contribution in [3.05, 3.63) is 24.3 Å². The van der Waals surface area contributed by atoms with E-state index in [1.165, 1.54) is 0 Å². The van der Waals surface area contributed by atoms with Crippen LogP contribution in [-0.4, -0.2) is 24.5 Å². The van der Waals surface area contributed by atoms with Gasteiger partial charge in [-0.05, 0) is 12.1 Å². The Labute approximate surface area is 98.8 Å². The minimum absolute atomic E-state index is 0.110. The lowest BCUT2D eigenvalue weighted by atomic mass is 10.2. The van der Waals surface area contributed by atoms with Crippen LogP contribution in [-0.2, 0) is 9.59 Å². The Morgan fingerprint density at radius 1 is 1.38 bits per heavy atom. The van der Waals surface area contributed by atoms with Crippen LogP contribution in [0.4, 0.5) is 5.69 Å². The summed E-state index contributed by atoms with van der Waals surface area (Å²) in [4.78, 5) is 25.1. The number of hydrogen-bond acceptors (Lipinski definition) is 3. The van der Waals surface area contributed by atoms with Gasteiger partial charge in [-0.2, -0.15) is 0 Å². The van der Waals surface area contributed by atoms with Crippen LogP contribution in [0.25, 0.3) is 0 Å². The number of aldehydes is 1. The average molecular weight is 235 g/mol. The average Bonchev–Trinajstić information content (AvgIpc) is 2.46. The van der Waals surface area contributed by atoms with E-state index in [1.54, 1.807) is 16.7 Å². The second kappa shape index (κ2) is 5.16. The van der Waals surface area contributed by atoms with Gasteiger partial charge in [-0.15, -0.1) is 11.8 Å². The molecule has 1 aromatic carbocycles. The zero-order valence-electron chi connectivity index (χ0n) is 8.89. The highest BCUT2D eigenvalue weighted by atomic mass is 32.2. The molecule has 1 aromatic rings. The van der Waals surface area contributed by atoms with E-state index in [0.29, 0.717) is 19.4 Å². The number of anilines is 1. The zero-order chi connectivity index (χ0) is 11.4. The lowest BCUT2D eigenvalue weighted by Gasteiger charge is -2.21. The zero-order valence-corrected chi connectivity index (χ0v) is 9.70. The summed E-state index contributed by atoms with van der Waals surface area (Å²) in [5.41, 5.74) is 0.942. The fourth-order valence-corrected chi connectivity index (χ4v) is 2.74. The van der Waals surface area contributed by atoms with Crippen LogP contribution in [0, 0.1) is 0 Å². The molecule has 1 aliphatic rings. The minimum atomic E-state index is 0.110. The van der Waals surface area contributed by atoms with Crippen molar-refractivity contribution in [3.63, 3.8) is 0 Å². The van der Waals surface area contributed by atoms with Gasteiger partial charge in [0.15, 0.2) is 0 Å². The fraction of sp³-hybridized carbons (Fsp3) is 0.333. The van der Waals surface area contributed by atoms with Gasteiger partial charge in [0.05, 0.1) is 5.69 Å². The first-order chi connectivity index (χ1) is 7.83. The predicted octanol–water partition coefficient (Wildman–Crippen LogP) is 2.10. The molecule has 0 saturated heterocycles. The molecule has 0 unspecified atom stereocenters. The highest BCUT2D eigenvalue weighted by Gasteiger charge is 2.21. The molecule has 0 spiro atoms. The molecule has 0 aromatic heterocycles. The maximum atomic E-state index is 11.9. The van der Waals surface area contributed by atoms with Gasteiger partial charge in [-0.3, -0.25) is 4.79 Å². The number of para-hydroxylation sites is 1. The van der Waals surface area contributed by atoms with Crippen LogP contribution in [0.1, 0.15) is 12.8 Å². The topological polar surface area (TPSA) is 37.4 Å². The molecule has 0 radical (unpaired) electrons. The van der Waals surface area contributed by atoms with Gasteiger partial charge in [0.25, 0.3) is 0 Å². The van der Waals surface area contributed by atoms with Gasteiger partial charge >= 0.3 is 0 Å². The van der Waals surface area contributed by atoms with E-state index >= 15 is 0 Å². The van der Waals surface area contributed by atoms with Crippen LogP contribution < -0.4 is 4.90 Å². The summed E-state index contributed by atoms with van der Waals surface area (Å²) in [6.45, 7) is 0.486. The Hall–Kier alpha value is -1.29. The summed E-state index contributed by atoms with van der Waals surface area (Å²) in [5.74, 6) is 0.923. The fourth-order valence-electron chi connectivity index (χ4n) is 1.75. The quantitative estimate of drug-likeness (QED) is 0.753. The summed E-state index contributed by atoms with van der Waals surface area (Å²) in [7, 11) is 0. The number of benzene rings is 1. The highest BCUT2D eigenvalue weighted by molar-refractivity contribution is 7.99. The summed E-state index contributed by atoms with van der Waals surface area (Å²) in [6.07, 6.45) is 1.79. The van der Waals surface area contributed by atoms with Gasteiger partial charge in [-0.25, -0.2) is 0 Å². The standard InChI is InChI=1S/C12H13NO2S/c14-8-3-7-13-10-4-1-2-5-11(10)16-9-6-12(13)15/h1-2,4-5,8H,3,6-7,9H2. The first-order valence-corrected chi connectivity index (χ1v) is 6.27. The lowest BCUT2D eigenvalue weighted by molar-refractivity contribution is -0.118. The van der Waals surface area contributed by atoms with Gasteiger partial charge in [0, 0.05) is 30.0 Å². The van der Waals surface area contributed by atoms with Gasteiger partial charge in [0.1, 0.15) is 6.29 Å². The van der Waals surface area contributed by atoms with E-state index in [-0.39, 0.29) is 5.91 Å². The SMILES string of the molecule is O=CCCN1C(=O)CCSc2ccccc21. The Bertz CT molecular complexity index is 406. The molecular weight excluding hydrogens is 222 g/mol. The highest BCUT2D eigenvalue weighted by Crippen LogP contribution is 2.33. The van der Waals surface area contributed by atoms with Crippen molar-refractivity contribution >= 4 is 29.6 Å². The van der Waals surface area contributed by atoms with Crippen molar-refractivity contribution in [2.24, 2.45) is 0 Å². The number of thioether (sulfide) groups is 1. The number of hydrogen-bond donors (Lipinski definition) is 0. The third-order valence-electron chi connectivity index (χ3n) is 2.50. The number of rotatable bonds is 3. The molecular formula is C12H13NO2S. The van der Waals surface area contributed by atoms with E-state index < -0.39 is 0 Å². The first kappa shape index (κ1) is 11.2. The van der Waals surface area contributed by atoms with Crippen molar-refractivity contribution in [2.45, 2.75) is 17.7 Å². The van der Waals surface area contributed by atoms with Crippen molar-refractivity contribution in [2.75, 3.05) is 17.2 Å². The number of fused-ring (bicyclic) bond motifs is 1. The lowest BCUT2D eigenvalue weighted by Crippen LogP contribution is -2.31. The number of amides is 1. The monoisotopic (exact) mass is 235 g/mol. The van der Waals surface area contributed by atoms with E-state index in [2.05, 4.69) is 0 Å². The first-order valence-electron chi connectivity index (χ1n) is 5.29. The molecule has 0 saturated carbocycles. The van der Waals surface area contributed by atoms with Crippen LogP contribution in [0.2, 0.25) is 0 Å². The normalized spacial score (nSPS) is 15.5. The molecule has 84 valence electrons. The van der Waals surface area contributed by atoms with E-state index in [4.69, 9.17) is 0 Å². The van der Waals surface area contributed by atoms with Crippen molar-refractivity contribution in [3.8, 4) is 0 Å². The Kier molecular flexibility index (Phi) is 3.62. The van der Waals surface area contributed by atoms with E-state index in [9.17, 15) is 9.59 Å². The smallest absolute Gasteiger partial charge is 0.227 e. The summed E-state index contributed by atoms with van der Waals surface area (Å²) in [5, 5.41) is 0. The molecule has 4 heteroatoms. The van der Waals surface area contributed by atoms with Crippen LogP contribution in [0.5, 0.6) is 0 Å². The number of nitrogens with zero attached hydrogens (tertiary/aromatic N) is 1. The van der Waals surface area contributed by atoms with Crippen molar-refractivity contribution in [1.29, 1.82) is 0 Å². The maximum absolute atomic E-state index is 11.9. The third-order valence-corrected chi connectivity index (χ3v) is 3.57. The van der Waals surface area contributed by atoms with Crippen LogP contribution >= 0.6 is 11.8 Å². The Morgan fingerprint density at radius 2 is 2.19 bits per heavy atom. The van der Waals surface area contributed by atoms with Crippen molar-refractivity contribution in [1.82, 2.24) is 0 Å².